The van der Waals surface area contributed by atoms with Gasteiger partial charge in [-0.3, -0.25) is 4.79 Å². The molecule has 2 heterocycles. The van der Waals surface area contributed by atoms with Gasteiger partial charge in [-0.25, -0.2) is 4.98 Å². The van der Waals surface area contributed by atoms with Crippen LogP contribution in [0.3, 0.4) is 0 Å². The highest BCUT2D eigenvalue weighted by Crippen LogP contribution is 2.28. The zero-order chi connectivity index (χ0) is 16.6. The van der Waals surface area contributed by atoms with Gasteiger partial charge in [0.05, 0.1) is 16.6 Å². The largest absolute Gasteiger partial charge is 0.339 e. The van der Waals surface area contributed by atoms with Gasteiger partial charge in [0, 0.05) is 19.3 Å². The van der Waals surface area contributed by atoms with E-state index in [4.69, 9.17) is 4.52 Å². The number of hydrogen-bond donors (Lipinski definition) is 0. The van der Waals surface area contributed by atoms with E-state index >= 15 is 0 Å². The van der Waals surface area contributed by atoms with Crippen molar-refractivity contribution in [1.82, 2.24) is 15.0 Å². The summed E-state index contributed by atoms with van der Waals surface area (Å²) >= 11 is 0. The summed E-state index contributed by atoms with van der Waals surface area (Å²) in [4.78, 5) is 19.0. The van der Waals surface area contributed by atoms with Gasteiger partial charge in [0.2, 0.25) is 0 Å². The minimum atomic E-state index is 0.0365. The van der Waals surface area contributed by atoms with Crippen molar-refractivity contribution in [2.75, 3.05) is 7.05 Å². The lowest BCUT2D eigenvalue weighted by atomic mass is 9.86. The minimum Gasteiger partial charge on any atom is -0.339 e. The molecule has 1 aliphatic rings. The molecule has 5 nitrogen and oxygen atoms in total. The molecule has 124 valence electrons. The summed E-state index contributed by atoms with van der Waals surface area (Å²) in [5.41, 5.74) is 1.97. The molecule has 5 heteroatoms. The Labute approximate surface area is 137 Å². The van der Waals surface area contributed by atoms with Crippen LogP contribution in [0.4, 0.5) is 0 Å². The molecule has 0 saturated heterocycles. The number of carbonyl (C=O) groups excluding carboxylic acids is 1. The molecule has 23 heavy (non-hydrogen) atoms. The Hall–Kier alpha value is -1.91. The highest BCUT2D eigenvalue weighted by atomic mass is 16.5. The van der Waals surface area contributed by atoms with Crippen LogP contribution in [0.2, 0.25) is 0 Å². The van der Waals surface area contributed by atoms with Crippen molar-refractivity contribution < 1.29 is 9.32 Å². The third-order valence-corrected chi connectivity index (χ3v) is 4.93. The fourth-order valence-corrected chi connectivity index (χ4v) is 3.51. The summed E-state index contributed by atoms with van der Waals surface area (Å²) in [6.07, 6.45) is 6.24. The van der Waals surface area contributed by atoms with Crippen LogP contribution in [0.1, 0.15) is 68.4 Å². The lowest BCUT2D eigenvalue weighted by Crippen LogP contribution is -2.39. The van der Waals surface area contributed by atoms with Crippen molar-refractivity contribution in [3.63, 3.8) is 0 Å². The fraction of sp³-hybridized carbons (Fsp3) is 0.611. The Kier molecular flexibility index (Phi) is 4.37. The van der Waals surface area contributed by atoms with E-state index in [2.05, 4.69) is 30.9 Å². The molecule has 1 aliphatic carbocycles. The SMILES string of the molecule is CC1CCCC(N(C)C(=O)c2cnc3onc(C(C)C)c3c2)C1. The molecule has 0 bridgehead atoms. The van der Waals surface area contributed by atoms with E-state index in [1.165, 1.54) is 12.8 Å². The highest BCUT2D eigenvalue weighted by molar-refractivity contribution is 5.97. The normalized spacial score (nSPS) is 21.8. The molecule has 2 atom stereocenters. The molecule has 2 unspecified atom stereocenters. The van der Waals surface area contributed by atoms with E-state index < -0.39 is 0 Å². The summed E-state index contributed by atoms with van der Waals surface area (Å²) < 4.78 is 5.25. The van der Waals surface area contributed by atoms with Gasteiger partial charge in [-0.2, -0.15) is 0 Å². The van der Waals surface area contributed by atoms with Crippen molar-refractivity contribution in [3.8, 4) is 0 Å². The number of rotatable bonds is 3. The van der Waals surface area contributed by atoms with Crippen molar-refractivity contribution >= 4 is 17.0 Å². The number of carbonyl (C=O) groups is 1. The maximum Gasteiger partial charge on any atom is 0.257 e. The zero-order valence-corrected chi connectivity index (χ0v) is 14.4. The number of fused-ring (bicyclic) bond motifs is 1. The van der Waals surface area contributed by atoms with Crippen LogP contribution in [0.5, 0.6) is 0 Å². The van der Waals surface area contributed by atoms with Gasteiger partial charge < -0.3 is 9.42 Å². The number of pyridine rings is 1. The third-order valence-electron chi connectivity index (χ3n) is 4.93. The van der Waals surface area contributed by atoms with Gasteiger partial charge in [-0.05, 0) is 30.7 Å². The predicted molar refractivity (Wildman–Crippen MR) is 89.4 cm³/mol. The van der Waals surface area contributed by atoms with Gasteiger partial charge in [0.25, 0.3) is 11.6 Å². The van der Waals surface area contributed by atoms with Gasteiger partial charge in [0.15, 0.2) is 0 Å². The molecule has 1 fully saturated rings. The summed E-state index contributed by atoms with van der Waals surface area (Å²) in [5, 5.41) is 4.92. The van der Waals surface area contributed by atoms with E-state index in [0.717, 1.165) is 23.9 Å². The van der Waals surface area contributed by atoms with Gasteiger partial charge >= 0.3 is 0 Å². The average molecular weight is 315 g/mol. The Bertz CT molecular complexity index is 707. The Balaban J connectivity index is 1.86. The van der Waals surface area contributed by atoms with E-state index in [0.29, 0.717) is 23.2 Å². The first-order valence-corrected chi connectivity index (χ1v) is 8.49. The first-order chi connectivity index (χ1) is 11.0. The van der Waals surface area contributed by atoms with Crippen molar-refractivity contribution in [2.24, 2.45) is 5.92 Å². The van der Waals surface area contributed by atoms with E-state index in [-0.39, 0.29) is 11.8 Å². The molecular weight excluding hydrogens is 290 g/mol. The lowest BCUT2D eigenvalue weighted by Gasteiger charge is -2.34. The molecule has 0 spiro atoms. The van der Waals surface area contributed by atoms with E-state index in [1.54, 1.807) is 6.20 Å². The standard InChI is InChI=1S/C18H25N3O2/c1-11(2)16-15-9-13(10-19-17(15)23-20-16)18(22)21(4)14-7-5-6-12(3)8-14/h9-12,14H,5-8H2,1-4H3. The van der Waals surface area contributed by atoms with Crippen molar-refractivity contribution in [1.29, 1.82) is 0 Å². The Morgan fingerprint density at radius 2 is 2.17 bits per heavy atom. The number of nitrogens with zero attached hydrogens (tertiary/aromatic N) is 3. The summed E-state index contributed by atoms with van der Waals surface area (Å²) in [6, 6.07) is 2.20. The molecule has 1 amide bonds. The second-order valence-corrected chi connectivity index (χ2v) is 7.14. The average Bonchev–Trinajstić information content (AvgIpc) is 2.96. The Morgan fingerprint density at radius 3 is 2.87 bits per heavy atom. The van der Waals surface area contributed by atoms with Crippen LogP contribution in [0, 0.1) is 5.92 Å². The fourth-order valence-electron chi connectivity index (χ4n) is 3.51. The first kappa shape index (κ1) is 16.0. The molecule has 1 saturated carbocycles. The predicted octanol–water partition coefficient (Wildman–Crippen LogP) is 4.00. The molecule has 0 aromatic carbocycles. The molecule has 0 aliphatic heterocycles. The maximum absolute atomic E-state index is 12.8. The number of hydrogen-bond acceptors (Lipinski definition) is 4. The van der Waals surface area contributed by atoms with E-state index in [9.17, 15) is 4.79 Å². The highest BCUT2D eigenvalue weighted by Gasteiger charge is 2.26. The molecule has 2 aromatic heterocycles. The quantitative estimate of drug-likeness (QED) is 0.859. The monoisotopic (exact) mass is 315 g/mol. The van der Waals surface area contributed by atoms with Crippen molar-refractivity contribution in [3.05, 3.63) is 23.5 Å². The van der Waals surface area contributed by atoms with Crippen LogP contribution in [-0.4, -0.2) is 34.0 Å². The van der Waals surface area contributed by atoms with Crippen LogP contribution in [-0.2, 0) is 0 Å². The summed E-state index contributed by atoms with van der Waals surface area (Å²) in [6.45, 7) is 6.38. The molecule has 3 rings (SSSR count). The second-order valence-electron chi connectivity index (χ2n) is 7.14. The third kappa shape index (κ3) is 3.09. The lowest BCUT2D eigenvalue weighted by molar-refractivity contribution is 0.0672. The second kappa shape index (κ2) is 6.30. The molecule has 0 radical (unpaired) electrons. The smallest absolute Gasteiger partial charge is 0.257 e. The topological polar surface area (TPSA) is 59.2 Å². The van der Waals surface area contributed by atoms with Gasteiger partial charge in [-0.15, -0.1) is 0 Å². The maximum atomic E-state index is 12.8. The van der Waals surface area contributed by atoms with Crippen LogP contribution in [0.15, 0.2) is 16.8 Å². The zero-order valence-electron chi connectivity index (χ0n) is 14.4. The molecule has 0 N–H and O–H groups in total. The summed E-state index contributed by atoms with van der Waals surface area (Å²) in [7, 11) is 1.91. The van der Waals surface area contributed by atoms with Crippen molar-refractivity contribution in [2.45, 2.75) is 58.4 Å². The summed E-state index contributed by atoms with van der Waals surface area (Å²) in [5.74, 6) is 0.963. The molecular formula is C18H25N3O2. The van der Waals surface area contributed by atoms with Crippen LogP contribution >= 0.6 is 0 Å². The Morgan fingerprint density at radius 1 is 1.39 bits per heavy atom. The van der Waals surface area contributed by atoms with Gasteiger partial charge in [-0.1, -0.05) is 38.8 Å². The van der Waals surface area contributed by atoms with Crippen LogP contribution in [0.25, 0.3) is 11.1 Å². The van der Waals surface area contributed by atoms with Crippen LogP contribution < -0.4 is 0 Å². The van der Waals surface area contributed by atoms with Gasteiger partial charge in [0.1, 0.15) is 0 Å². The first-order valence-electron chi connectivity index (χ1n) is 8.49. The van der Waals surface area contributed by atoms with E-state index in [1.807, 2.05) is 18.0 Å². The minimum absolute atomic E-state index is 0.0365. The number of amides is 1. The molecule has 2 aromatic rings. The number of aromatic nitrogens is 2.